The van der Waals surface area contributed by atoms with Crippen LogP contribution in [-0.4, -0.2) is 57.0 Å². The standard InChI is InChI=1S/C25H25FN6O/c1-30(25(33)17-7-9-18(26)10-8-17)19-12-15-32(16-13-19)24-21-6-4-3-5-20(21)23(28-29-24)22-11-14-27-31(22)2/h3-11,14,19H,12-13,15-16H2,1-2H3. The molecule has 1 fully saturated rings. The Balaban J connectivity index is 1.35. The van der Waals surface area contributed by atoms with E-state index >= 15 is 0 Å². The Labute approximate surface area is 191 Å². The van der Waals surface area contributed by atoms with Crippen molar-refractivity contribution in [2.45, 2.75) is 18.9 Å². The van der Waals surface area contributed by atoms with E-state index in [-0.39, 0.29) is 17.8 Å². The van der Waals surface area contributed by atoms with Crippen molar-refractivity contribution in [1.29, 1.82) is 0 Å². The highest BCUT2D eigenvalue weighted by Gasteiger charge is 2.28. The van der Waals surface area contributed by atoms with Gasteiger partial charge in [0.05, 0.1) is 5.69 Å². The second kappa shape index (κ2) is 8.61. The van der Waals surface area contributed by atoms with Crippen LogP contribution in [0.25, 0.3) is 22.2 Å². The van der Waals surface area contributed by atoms with E-state index in [9.17, 15) is 9.18 Å². The lowest BCUT2D eigenvalue weighted by Gasteiger charge is -2.37. The molecule has 1 amide bonds. The van der Waals surface area contributed by atoms with Crippen molar-refractivity contribution in [1.82, 2.24) is 24.9 Å². The Hall–Kier alpha value is -3.81. The van der Waals surface area contributed by atoms with E-state index in [1.165, 1.54) is 24.3 Å². The number of hydrogen-bond acceptors (Lipinski definition) is 5. The number of anilines is 1. The second-order valence-electron chi connectivity index (χ2n) is 8.40. The fraction of sp³-hybridized carbons (Fsp3) is 0.280. The van der Waals surface area contributed by atoms with Gasteiger partial charge >= 0.3 is 0 Å². The highest BCUT2D eigenvalue weighted by Crippen LogP contribution is 2.32. The van der Waals surface area contributed by atoms with E-state index in [1.54, 1.807) is 15.8 Å². The Bertz CT molecular complexity index is 1290. The van der Waals surface area contributed by atoms with Gasteiger partial charge in [0.2, 0.25) is 0 Å². The quantitative estimate of drug-likeness (QED) is 0.478. The average molecular weight is 445 g/mol. The molecule has 2 aromatic carbocycles. The third kappa shape index (κ3) is 3.92. The predicted molar refractivity (Wildman–Crippen MR) is 125 cm³/mol. The van der Waals surface area contributed by atoms with Crippen LogP contribution in [0.1, 0.15) is 23.2 Å². The molecule has 8 heteroatoms. The first-order chi connectivity index (χ1) is 16.0. The molecule has 3 heterocycles. The molecule has 0 saturated carbocycles. The number of halogens is 1. The molecule has 0 spiro atoms. The maximum atomic E-state index is 13.2. The number of benzene rings is 2. The van der Waals surface area contributed by atoms with E-state index in [2.05, 4.69) is 32.3 Å². The molecule has 1 saturated heterocycles. The first-order valence-electron chi connectivity index (χ1n) is 11.0. The molecule has 0 bridgehead atoms. The van der Waals surface area contributed by atoms with Gasteiger partial charge in [0.25, 0.3) is 5.91 Å². The lowest BCUT2D eigenvalue weighted by molar-refractivity contribution is 0.0709. The van der Waals surface area contributed by atoms with Gasteiger partial charge in [0.1, 0.15) is 11.5 Å². The molecule has 33 heavy (non-hydrogen) atoms. The highest BCUT2D eigenvalue weighted by atomic mass is 19.1. The molecule has 0 N–H and O–H groups in total. The molecular formula is C25H25FN6O. The van der Waals surface area contributed by atoms with Crippen molar-refractivity contribution in [2.75, 3.05) is 25.0 Å². The number of rotatable bonds is 4. The number of hydrogen-bond donors (Lipinski definition) is 0. The van der Waals surface area contributed by atoms with Crippen LogP contribution >= 0.6 is 0 Å². The summed E-state index contributed by atoms with van der Waals surface area (Å²) in [6.07, 6.45) is 3.40. The van der Waals surface area contributed by atoms with E-state index in [1.807, 2.05) is 32.3 Å². The van der Waals surface area contributed by atoms with Crippen LogP contribution in [0.5, 0.6) is 0 Å². The minimum atomic E-state index is -0.342. The van der Waals surface area contributed by atoms with Crippen molar-refractivity contribution < 1.29 is 9.18 Å². The summed E-state index contributed by atoms with van der Waals surface area (Å²) in [6, 6.07) is 15.9. The number of amides is 1. The molecule has 4 aromatic rings. The average Bonchev–Trinajstić information content (AvgIpc) is 3.28. The fourth-order valence-corrected chi connectivity index (χ4v) is 4.55. The van der Waals surface area contributed by atoms with Gasteiger partial charge in [-0.25, -0.2) is 4.39 Å². The predicted octanol–water partition coefficient (Wildman–Crippen LogP) is 3.91. The van der Waals surface area contributed by atoms with Crippen LogP contribution in [0.15, 0.2) is 60.8 Å². The van der Waals surface area contributed by atoms with Gasteiger partial charge in [0.15, 0.2) is 5.82 Å². The van der Waals surface area contributed by atoms with Gasteiger partial charge in [0, 0.05) is 55.8 Å². The molecule has 2 aromatic heterocycles. The van der Waals surface area contributed by atoms with Crippen LogP contribution < -0.4 is 4.90 Å². The minimum Gasteiger partial charge on any atom is -0.354 e. The van der Waals surface area contributed by atoms with Crippen molar-refractivity contribution in [3.8, 4) is 11.4 Å². The van der Waals surface area contributed by atoms with Gasteiger partial charge in [-0.05, 0) is 43.2 Å². The number of fused-ring (bicyclic) bond motifs is 1. The van der Waals surface area contributed by atoms with Crippen LogP contribution in [0.2, 0.25) is 0 Å². The van der Waals surface area contributed by atoms with Gasteiger partial charge in [-0.15, -0.1) is 10.2 Å². The lowest BCUT2D eigenvalue weighted by Crippen LogP contribution is -2.46. The smallest absolute Gasteiger partial charge is 0.253 e. The molecule has 0 unspecified atom stereocenters. The van der Waals surface area contributed by atoms with Crippen LogP contribution in [0, 0.1) is 5.82 Å². The first kappa shape index (κ1) is 21.1. The SMILES string of the molecule is CN(C(=O)c1ccc(F)cc1)C1CCN(c2nnc(-c3ccnn3C)c3ccccc23)CC1. The minimum absolute atomic E-state index is 0.0841. The first-order valence-corrected chi connectivity index (χ1v) is 11.0. The van der Waals surface area contributed by atoms with Crippen LogP contribution in [0.3, 0.4) is 0 Å². The molecule has 5 rings (SSSR count). The van der Waals surface area contributed by atoms with Crippen LogP contribution in [-0.2, 0) is 7.05 Å². The number of carbonyl (C=O) groups is 1. The summed E-state index contributed by atoms with van der Waals surface area (Å²) in [5.41, 5.74) is 2.24. The number of nitrogens with zero attached hydrogens (tertiary/aromatic N) is 6. The largest absolute Gasteiger partial charge is 0.354 e. The fourth-order valence-electron chi connectivity index (χ4n) is 4.55. The molecule has 0 aliphatic carbocycles. The summed E-state index contributed by atoms with van der Waals surface area (Å²) in [5.74, 6) is 0.437. The van der Waals surface area contributed by atoms with Crippen molar-refractivity contribution in [2.24, 2.45) is 7.05 Å². The molecule has 7 nitrogen and oxygen atoms in total. The van der Waals surface area contributed by atoms with E-state index in [4.69, 9.17) is 0 Å². The van der Waals surface area contributed by atoms with Crippen molar-refractivity contribution in [3.63, 3.8) is 0 Å². The van der Waals surface area contributed by atoms with E-state index < -0.39 is 0 Å². The number of aromatic nitrogens is 4. The maximum Gasteiger partial charge on any atom is 0.253 e. The van der Waals surface area contributed by atoms with Crippen molar-refractivity contribution in [3.05, 3.63) is 72.2 Å². The third-order valence-corrected chi connectivity index (χ3v) is 6.45. The maximum absolute atomic E-state index is 13.2. The summed E-state index contributed by atoms with van der Waals surface area (Å²) in [4.78, 5) is 16.8. The van der Waals surface area contributed by atoms with Gasteiger partial charge in [-0.1, -0.05) is 24.3 Å². The molecule has 168 valence electrons. The molecule has 1 aliphatic rings. The monoisotopic (exact) mass is 444 g/mol. The third-order valence-electron chi connectivity index (χ3n) is 6.45. The summed E-state index contributed by atoms with van der Waals surface area (Å²) >= 11 is 0. The zero-order valence-corrected chi connectivity index (χ0v) is 18.6. The summed E-state index contributed by atoms with van der Waals surface area (Å²) in [6.45, 7) is 1.55. The topological polar surface area (TPSA) is 67.2 Å². The molecule has 0 radical (unpaired) electrons. The van der Waals surface area contributed by atoms with Gasteiger partial charge in [-0.2, -0.15) is 5.10 Å². The van der Waals surface area contributed by atoms with E-state index in [0.29, 0.717) is 5.56 Å². The van der Waals surface area contributed by atoms with E-state index in [0.717, 1.165) is 53.9 Å². The summed E-state index contributed by atoms with van der Waals surface area (Å²) in [7, 11) is 3.72. The van der Waals surface area contributed by atoms with Gasteiger partial charge in [-0.3, -0.25) is 9.48 Å². The Morgan fingerprint density at radius 1 is 1.00 bits per heavy atom. The number of carbonyl (C=O) groups excluding carboxylic acids is 1. The normalized spacial score (nSPS) is 14.6. The highest BCUT2D eigenvalue weighted by molar-refractivity contribution is 5.99. The zero-order valence-electron chi connectivity index (χ0n) is 18.6. The second-order valence-corrected chi connectivity index (χ2v) is 8.40. The lowest BCUT2D eigenvalue weighted by atomic mass is 10.0. The Morgan fingerprint density at radius 3 is 2.36 bits per heavy atom. The zero-order chi connectivity index (χ0) is 22.9. The van der Waals surface area contributed by atoms with Crippen molar-refractivity contribution >= 4 is 22.5 Å². The Morgan fingerprint density at radius 2 is 1.70 bits per heavy atom. The van der Waals surface area contributed by atoms with Gasteiger partial charge < -0.3 is 9.80 Å². The summed E-state index contributed by atoms with van der Waals surface area (Å²) in [5, 5.41) is 15.5. The number of aryl methyl sites for hydroxylation is 1. The Kier molecular flexibility index (Phi) is 5.50. The number of piperidine rings is 1. The van der Waals surface area contributed by atoms with Crippen LogP contribution in [0.4, 0.5) is 10.2 Å². The molecule has 1 aliphatic heterocycles. The summed E-state index contributed by atoms with van der Waals surface area (Å²) < 4.78 is 15.0. The molecular weight excluding hydrogens is 419 g/mol. The molecule has 0 atom stereocenters.